The summed E-state index contributed by atoms with van der Waals surface area (Å²) in [4.78, 5) is 16.7. The summed E-state index contributed by atoms with van der Waals surface area (Å²) in [5.41, 5.74) is 10.5. The highest BCUT2D eigenvalue weighted by Gasteiger charge is 2.19. The van der Waals surface area contributed by atoms with Gasteiger partial charge in [0.25, 0.3) is 5.91 Å². The molecule has 0 aromatic heterocycles. The number of carbonyl (C=O) groups excluding carboxylic acids is 1. The highest BCUT2D eigenvalue weighted by molar-refractivity contribution is 7.99. The van der Waals surface area contributed by atoms with Crippen molar-refractivity contribution < 1.29 is 13.2 Å². The zero-order valence-electron chi connectivity index (χ0n) is 13.3. The van der Waals surface area contributed by atoms with Gasteiger partial charge in [0.05, 0.1) is 20.5 Å². The molecule has 0 saturated carbocycles. The van der Waals surface area contributed by atoms with Crippen LogP contribution in [-0.2, 0) is 9.84 Å². The molecule has 0 unspecified atom stereocenters. The van der Waals surface area contributed by atoms with Gasteiger partial charge in [-0.2, -0.15) is 4.99 Å². The Kier molecular flexibility index (Phi) is 7.79. The van der Waals surface area contributed by atoms with Gasteiger partial charge in [-0.1, -0.05) is 41.0 Å². The lowest BCUT2D eigenvalue weighted by atomic mass is 10.2. The molecule has 2 rings (SSSR count). The molecule has 2 aromatic rings. The van der Waals surface area contributed by atoms with Crippen molar-refractivity contribution in [3.63, 3.8) is 0 Å². The Bertz CT molecular complexity index is 955. The maximum Gasteiger partial charge on any atom is 0.281 e. The van der Waals surface area contributed by atoms with Gasteiger partial charge in [-0.05, 0) is 30.3 Å². The molecule has 0 aliphatic rings. The number of nitrogens with two attached hydrogens (primary N) is 2. The summed E-state index contributed by atoms with van der Waals surface area (Å²) in [7, 11) is -3.52. The number of amides is 1. The molecule has 6 nitrogen and oxygen atoms in total. The Morgan fingerprint density at radius 2 is 1.69 bits per heavy atom. The zero-order valence-corrected chi connectivity index (χ0v) is 17.2. The number of hydrogen-bond donors (Lipinski definition) is 2. The van der Waals surface area contributed by atoms with Gasteiger partial charge < -0.3 is 11.5 Å². The summed E-state index contributed by atoms with van der Waals surface area (Å²) in [6, 6.07) is 9.07. The summed E-state index contributed by atoms with van der Waals surface area (Å²) < 4.78 is 23.5. The second-order valence-electron chi connectivity index (χ2n) is 4.92. The largest absolute Gasteiger partial charge is 0.370 e. The molecule has 0 atom stereocenters. The normalized spacial score (nSPS) is 10.7. The van der Waals surface area contributed by atoms with Crippen LogP contribution in [-0.4, -0.2) is 26.5 Å². The van der Waals surface area contributed by atoms with Gasteiger partial charge >= 0.3 is 0 Å². The minimum absolute atomic E-state index is 0. The highest BCUT2D eigenvalue weighted by atomic mass is 35.5. The van der Waals surface area contributed by atoms with E-state index in [1.54, 1.807) is 18.2 Å². The molecule has 26 heavy (non-hydrogen) atoms. The third-order valence-electron chi connectivity index (χ3n) is 2.97. The van der Waals surface area contributed by atoms with E-state index in [9.17, 15) is 13.2 Å². The highest BCUT2D eigenvalue weighted by Crippen LogP contribution is 2.40. The maximum atomic E-state index is 12.3. The van der Waals surface area contributed by atoms with Crippen LogP contribution in [0.15, 0.2) is 56.1 Å². The van der Waals surface area contributed by atoms with Crippen molar-refractivity contribution in [1.29, 1.82) is 0 Å². The van der Waals surface area contributed by atoms with Crippen LogP contribution in [0.3, 0.4) is 0 Å². The van der Waals surface area contributed by atoms with Gasteiger partial charge in [0, 0.05) is 16.0 Å². The van der Waals surface area contributed by atoms with Gasteiger partial charge in [-0.25, -0.2) is 8.42 Å². The molecule has 1 amide bonds. The average molecular weight is 455 g/mol. The van der Waals surface area contributed by atoms with Crippen molar-refractivity contribution in [3.8, 4) is 0 Å². The Morgan fingerprint density at radius 3 is 2.19 bits per heavy atom. The van der Waals surface area contributed by atoms with Crippen molar-refractivity contribution in [2.24, 2.45) is 16.5 Å². The van der Waals surface area contributed by atoms with E-state index in [4.69, 9.17) is 34.7 Å². The molecule has 0 fully saturated rings. The number of halogens is 3. The van der Waals surface area contributed by atoms with Crippen LogP contribution >= 0.6 is 47.4 Å². The molecular weight excluding hydrogens is 441 g/mol. The van der Waals surface area contributed by atoms with Crippen LogP contribution < -0.4 is 11.5 Å². The molecular formula is C15H14Cl3N3O3S2. The van der Waals surface area contributed by atoms with Crippen molar-refractivity contribution in [3.05, 3.63) is 52.0 Å². The van der Waals surface area contributed by atoms with E-state index >= 15 is 0 Å². The zero-order chi connectivity index (χ0) is 18.8. The van der Waals surface area contributed by atoms with Crippen LogP contribution in [0.5, 0.6) is 0 Å². The Hall–Kier alpha value is -1.45. The first kappa shape index (κ1) is 22.6. The fourth-order valence-electron chi connectivity index (χ4n) is 1.86. The lowest BCUT2D eigenvalue weighted by Crippen LogP contribution is -2.24. The van der Waals surface area contributed by atoms with E-state index in [1.165, 1.54) is 18.2 Å². The quantitative estimate of drug-likeness (QED) is 0.540. The van der Waals surface area contributed by atoms with Gasteiger partial charge in [-0.3, -0.25) is 4.79 Å². The van der Waals surface area contributed by atoms with E-state index in [-0.39, 0.29) is 22.9 Å². The van der Waals surface area contributed by atoms with Crippen molar-refractivity contribution >= 4 is 69.1 Å². The average Bonchev–Trinajstić information content (AvgIpc) is 2.49. The third kappa shape index (κ3) is 5.52. The van der Waals surface area contributed by atoms with Gasteiger partial charge in [0.2, 0.25) is 0 Å². The van der Waals surface area contributed by atoms with Crippen LogP contribution in [0.25, 0.3) is 0 Å². The SMILES string of the molecule is CS(=O)(=O)c1ccc(Sc2c(Cl)cccc2Cl)c(C(=O)N=C(N)N)c1.Cl. The second kappa shape index (κ2) is 8.96. The molecule has 140 valence electrons. The van der Waals surface area contributed by atoms with E-state index < -0.39 is 21.7 Å². The van der Waals surface area contributed by atoms with Crippen LogP contribution in [0, 0.1) is 0 Å². The van der Waals surface area contributed by atoms with Crippen LogP contribution in [0.4, 0.5) is 0 Å². The first-order chi connectivity index (χ1) is 11.6. The minimum Gasteiger partial charge on any atom is -0.370 e. The molecule has 0 saturated heterocycles. The number of hydrogen-bond acceptors (Lipinski definition) is 4. The Morgan fingerprint density at radius 1 is 1.12 bits per heavy atom. The topological polar surface area (TPSA) is 116 Å². The molecule has 11 heteroatoms. The summed E-state index contributed by atoms with van der Waals surface area (Å²) in [6.45, 7) is 0. The molecule has 0 bridgehead atoms. The predicted molar refractivity (Wildman–Crippen MR) is 108 cm³/mol. The lowest BCUT2D eigenvalue weighted by Gasteiger charge is -2.11. The van der Waals surface area contributed by atoms with Crippen molar-refractivity contribution in [1.82, 2.24) is 0 Å². The van der Waals surface area contributed by atoms with Gasteiger partial charge in [0.1, 0.15) is 0 Å². The number of benzene rings is 2. The Balaban J connectivity index is 0.00000338. The van der Waals surface area contributed by atoms with E-state index in [0.29, 0.717) is 19.8 Å². The fourth-order valence-corrected chi connectivity index (χ4v) is 4.08. The summed E-state index contributed by atoms with van der Waals surface area (Å²) in [5, 5.41) is 0.787. The maximum absolute atomic E-state index is 12.3. The molecule has 0 aliphatic carbocycles. The molecule has 0 heterocycles. The fraction of sp³-hybridized carbons (Fsp3) is 0.0667. The summed E-state index contributed by atoms with van der Waals surface area (Å²) in [6.07, 6.45) is 1.04. The van der Waals surface area contributed by atoms with E-state index in [2.05, 4.69) is 4.99 Å². The van der Waals surface area contributed by atoms with E-state index in [0.717, 1.165) is 18.0 Å². The van der Waals surface area contributed by atoms with Crippen molar-refractivity contribution in [2.75, 3.05) is 6.26 Å². The number of nitrogens with zero attached hydrogens (tertiary/aromatic N) is 1. The van der Waals surface area contributed by atoms with E-state index in [1.807, 2.05) is 0 Å². The van der Waals surface area contributed by atoms with Crippen LogP contribution in [0.1, 0.15) is 10.4 Å². The summed E-state index contributed by atoms with van der Waals surface area (Å²) >= 11 is 13.4. The Labute approximate surface area is 171 Å². The van der Waals surface area contributed by atoms with Crippen molar-refractivity contribution in [2.45, 2.75) is 14.7 Å². The number of sulfone groups is 1. The van der Waals surface area contributed by atoms with Gasteiger partial charge in [-0.15, -0.1) is 12.4 Å². The predicted octanol–water partition coefficient (Wildman–Crippen LogP) is 3.38. The first-order valence-corrected chi connectivity index (χ1v) is 10.2. The van der Waals surface area contributed by atoms with Gasteiger partial charge in [0.15, 0.2) is 15.8 Å². The molecule has 2 aromatic carbocycles. The number of rotatable bonds is 4. The van der Waals surface area contributed by atoms with Crippen LogP contribution in [0.2, 0.25) is 10.0 Å². The number of carbonyl (C=O) groups is 1. The molecule has 0 radical (unpaired) electrons. The molecule has 4 N–H and O–H groups in total. The number of guanidine groups is 1. The standard InChI is InChI=1S/C15H13Cl2N3O3S2.ClH/c1-25(22,23)8-5-6-12(9(7-8)14(21)20-15(18)19)24-13-10(16)3-2-4-11(13)17;/h2-7H,1H3,(H4,18,19,20,21);1H. The molecule has 0 spiro atoms. The summed E-state index contributed by atoms with van der Waals surface area (Å²) in [5.74, 6) is -1.20. The second-order valence-corrected chi connectivity index (χ2v) is 8.81. The smallest absolute Gasteiger partial charge is 0.281 e. The number of aliphatic imine (C=N–C) groups is 1. The minimum atomic E-state index is -3.52. The third-order valence-corrected chi connectivity index (χ3v) is 6.16. The first-order valence-electron chi connectivity index (χ1n) is 6.69. The monoisotopic (exact) mass is 453 g/mol. The lowest BCUT2D eigenvalue weighted by molar-refractivity contribution is 0.0999. The molecule has 0 aliphatic heterocycles.